The van der Waals surface area contributed by atoms with E-state index in [9.17, 15) is 29.7 Å². The molecule has 0 spiro atoms. The molecule has 2 aliphatic heterocycles. The van der Waals surface area contributed by atoms with Gasteiger partial charge in [0.05, 0.1) is 31.2 Å². The first-order chi connectivity index (χ1) is 21.3. The highest BCUT2D eigenvalue weighted by molar-refractivity contribution is 5.78. The Morgan fingerprint density at radius 2 is 1.36 bits per heavy atom. The van der Waals surface area contributed by atoms with Crippen molar-refractivity contribution >= 4 is 17.7 Å². The molecular formula is C36H44O8. The van der Waals surface area contributed by atoms with Crippen LogP contribution in [-0.2, 0) is 36.7 Å². The van der Waals surface area contributed by atoms with Gasteiger partial charge >= 0.3 is 11.9 Å². The molecule has 0 aromatic heterocycles. The van der Waals surface area contributed by atoms with Crippen LogP contribution in [0, 0.1) is 23.7 Å². The van der Waals surface area contributed by atoms with Gasteiger partial charge in [0.25, 0.3) is 0 Å². The van der Waals surface area contributed by atoms with E-state index in [2.05, 4.69) is 0 Å². The number of hydrogen-bond donors (Lipinski definition) is 3. The zero-order valence-corrected chi connectivity index (χ0v) is 25.1. The molecule has 9 atom stereocenters. The van der Waals surface area contributed by atoms with Gasteiger partial charge in [0.15, 0.2) is 0 Å². The number of aliphatic hydroxyl groups is 3. The minimum absolute atomic E-state index is 0.0251. The molecule has 0 unspecified atom stereocenters. The second kappa shape index (κ2) is 15.1. The highest BCUT2D eigenvalue weighted by Gasteiger charge is 2.49. The van der Waals surface area contributed by atoms with Gasteiger partial charge in [0.2, 0.25) is 0 Å². The monoisotopic (exact) mass is 604 g/mol. The van der Waals surface area contributed by atoms with Crippen LogP contribution >= 0.6 is 0 Å². The van der Waals surface area contributed by atoms with E-state index in [0.717, 1.165) is 12.8 Å². The van der Waals surface area contributed by atoms with Gasteiger partial charge in [-0.2, -0.15) is 0 Å². The molecule has 2 aliphatic carbocycles. The zero-order valence-electron chi connectivity index (χ0n) is 25.1. The minimum Gasteiger partial charge on any atom is -0.462 e. The zero-order chi connectivity index (χ0) is 31.1. The Bertz CT molecular complexity index is 1280. The number of rotatable bonds is 11. The van der Waals surface area contributed by atoms with Gasteiger partial charge in [-0.25, -0.2) is 0 Å². The largest absolute Gasteiger partial charge is 0.462 e. The summed E-state index contributed by atoms with van der Waals surface area (Å²) in [6, 6.07) is 20.0. The van der Waals surface area contributed by atoms with Gasteiger partial charge in [-0.3, -0.25) is 14.4 Å². The van der Waals surface area contributed by atoms with Crippen molar-refractivity contribution in [1.82, 2.24) is 0 Å². The number of aliphatic hydroxyl groups excluding tert-OH is 3. The van der Waals surface area contributed by atoms with Crippen molar-refractivity contribution in [3.05, 3.63) is 83.9 Å². The standard InChI is InChI=1S/2C18H22O4/c2*19-13(7-6-12-4-2-1-3-5-12)8-9-14-15-10-18(21)22-17(15)11-16(14)20/h1-5,14-17,20H,6-11H2;1-5,8-9,13-17,19-20H,6-7,10-11H2/b;9-8+/t14-,15-,16-,17+;13-,14+,15+,16+,17-/m10/s1. The van der Waals surface area contributed by atoms with Gasteiger partial charge in [-0.05, 0) is 42.7 Å². The van der Waals surface area contributed by atoms with Crippen LogP contribution in [0.15, 0.2) is 72.8 Å². The minimum atomic E-state index is -0.538. The lowest BCUT2D eigenvalue weighted by molar-refractivity contribution is -0.142. The summed E-state index contributed by atoms with van der Waals surface area (Å²) in [6.07, 6.45) is 7.57. The van der Waals surface area contributed by atoms with E-state index >= 15 is 0 Å². The summed E-state index contributed by atoms with van der Waals surface area (Å²) < 4.78 is 10.4. The quantitative estimate of drug-likeness (QED) is 0.258. The maximum atomic E-state index is 12.1. The molecule has 8 heteroatoms. The van der Waals surface area contributed by atoms with E-state index in [1.165, 1.54) is 11.1 Å². The van der Waals surface area contributed by atoms with Gasteiger partial charge in [-0.15, -0.1) is 0 Å². The summed E-state index contributed by atoms with van der Waals surface area (Å²) in [5, 5.41) is 30.3. The molecule has 0 radical (unpaired) electrons. The van der Waals surface area contributed by atoms with Crippen LogP contribution in [0.1, 0.15) is 62.5 Å². The predicted molar refractivity (Wildman–Crippen MR) is 163 cm³/mol. The number of Topliss-reactive ketones (excluding diaryl/α,β-unsaturated/α-hetero) is 1. The number of esters is 2. The van der Waals surface area contributed by atoms with Crippen molar-refractivity contribution in [2.24, 2.45) is 23.7 Å². The third-order valence-electron chi connectivity index (χ3n) is 9.67. The molecule has 0 amide bonds. The Hall–Kier alpha value is -3.33. The molecule has 3 N–H and O–H groups in total. The number of benzene rings is 2. The van der Waals surface area contributed by atoms with E-state index in [4.69, 9.17) is 9.47 Å². The molecule has 236 valence electrons. The first-order valence-electron chi connectivity index (χ1n) is 16.0. The highest BCUT2D eigenvalue weighted by Crippen LogP contribution is 2.44. The predicted octanol–water partition coefficient (Wildman–Crippen LogP) is 4.13. The third-order valence-corrected chi connectivity index (χ3v) is 9.67. The van der Waals surface area contributed by atoms with Crippen LogP contribution in [0.2, 0.25) is 0 Å². The smallest absolute Gasteiger partial charge is 0.306 e. The maximum absolute atomic E-state index is 12.1. The molecule has 2 saturated carbocycles. The molecule has 2 aromatic carbocycles. The lowest BCUT2D eigenvalue weighted by Gasteiger charge is -2.18. The summed E-state index contributed by atoms with van der Waals surface area (Å²) in [5.74, 6) is -0.0265. The number of carbonyl (C=O) groups excluding carboxylic acids is 3. The molecule has 44 heavy (non-hydrogen) atoms. The van der Waals surface area contributed by atoms with Crippen LogP contribution in [0.25, 0.3) is 0 Å². The summed E-state index contributed by atoms with van der Waals surface area (Å²) >= 11 is 0. The lowest BCUT2D eigenvalue weighted by Crippen LogP contribution is -2.21. The molecule has 4 aliphatic rings. The molecule has 8 nitrogen and oxygen atoms in total. The lowest BCUT2D eigenvalue weighted by atomic mass is 9.87. The van der Waals surface area contributed by atoms with Crippen molar-refractivity contribution in [1.29, 1.82) is 0 Å². The van der Waals surface area contributed by atoms with Gasteiger partial charge in [-0.1, -0.05) is 72.8 Å². The fourth-order valence-corrected chi connectivity index (χ4v) is 7.26. The van der Waals surface area contributed by atoms with Crippen molar-refractivity contribution in [3.63, 3.8) is 0 Å². The highest BCUT2D eigenvalue weighted by atomic mass is 16.6. The Morgan fingerprint density at radius 1 is 0.795 bits per heavy atom. The van der Waals surface area contributed by atoms with Crippen molar-refractivity contribution in [2.75, 3.05) is 0 Å². The van der Waals surface area contributed by atoms with Crippen molar-refractivity contribution in [3.8, 4) is 0 Å². The number of carbonyl (C=O) groups is 3. The summed E-state index contributed by atoms with van der Waals surface area (Å²) in [5.41, 5.74) is 2.37. The summed E-state index contributed by atoms with van der Waals surface area (Å²) in [4.78, 5) is 34.7. The van der Waals surface area contributed by atoms with Crippen LogP contribution in [0.3, 0.4) is 0 Å². The van der Waals surface area contributed by atoms with E-state index in [1.807, 2.05) is 66.7 Å². The number of ether oxygens (including phenoxy) is 2. The van der Waals surface area contributed by atoms with E-state index < -0.39 is 18.3 Å². The molecule has 6 rings (SSSR count). The Kier molecular flexibility index (Phi) is 11.0. The number of ketones is 1. The van der Waals surface area contributed by atoms with E-state index in [-0.39, 0.29) is 53.6 Å². The second-order valence-corrected chi connectivity index (χ2v) is 12.7. The van der Waals surface area contributed by atoms with Crippen molar-refractivity contribution in [2.45, 2.75) is 94.7 Å². The molecule has 2 heterocycles. The average Bonchev–Trinajstić information content (AvgIpc) is 3.72. The van der Waals surface area contributed by atoms with Crippen molar-refractivity contribution < 1.29 is 39.2 Å². The molecular weight excluding hydrogens is 560 g/mol. The third kappa shape index (κ3) is 8.43. The van der Waals surface area contributed by atoms with Crippen LogP contribution in [0.5, 0.6) is 0 Å². The Labute approximate surface area is 259 Å². The maximum Gasteiger partial charge on any atom is 0.306 e. The second-order valence-electron chi connectivity index (χ2n) is 12.7. The first kappa shape index (κ1) is 32.1. The van der Waals surface area contributed by atoms with Crippen LogP contribution in [-0.4, -0.2) is 63.6 Å². The van der Waals surface area contributed by atoms with Crippen LogP contribution in [0.4, 0.5) is 0 Å². The first-order valence-corrected chi connectivity index (χ1v) is 16.0. The fraction of sp³-hybridized carbons (Fsp3) is 0.528. The normalized spacial score (nSPS) is 31.2. The summed E-state index contributed by atoms with van der Waals surface area (Å²) in [6.45, 7) is 0. The Balaban J connectivity index is 0.000000175. The molecule has 2 saturated heterocycles. The van der Waals surface area contributed by atoms with Gasteiger partial charge in [0.1, 0.15) is 18.0 Å². The molecule has 4 fully saturated rings. The topological polar surface area (TPSA) is 130 Å². The van der Waals surface area contributed by atoms with Gasteiger partial charge < -0.3 is 24.8 Å². The van der Waals surface area contributed by atoms with Gasteiger partial charge in [0, 0.05) is 43.4 Å². The summed E-state index contributed by atoms with van der Waals surface area (Å²) in [7, 11) is 0. The number of fused-ring (bicyclic) bond motifs is 2. The molecule has 0 bridgehead atoms. The van der Waals surface area contributed by atoms with E-state index in [1.54, 1.807) is 6.08 Å². The average molecular weight is 605 g/mol. The number of aryl methyl sites for hydroxylation is 2. The van der Waals surface area contributed by atoms with Crippen LogP contribution < -0.4 is 0 Å². The Morgan fingerprint density at radius 3 is 2.02 bits per heavy atom. The number of hydrogen-bond acceptors (Lipinski definition) is 8. The fourth-order valence-electron chi connectivity index (χ4n) is 7.26. The molecule has 2 aromatic rings. The SMILES string of the molecule is O=C(CCc1ccccc1)CC[C@@H]1[C@H]2CC(=O)O[C@H]2C[C@H]1O.O=C1C[C@@H]2[C@@H](/C=C/[C@@H](O)CCc3ccccc3)[C@H](O)C[C@@H]2O1. The van der Waals surface area contributed by atoms with E-state index in [0.29, 0.717) is 51.4 Å².